The number of hydrogen-bond acceptors (Lipinski definition) is 8. The zero-order valence-electron chi connectivity index (χ0n) is 20.0. The van der Waals surface area contributed by atoms with Gasteiger partial charge in [0.2, 0.25) is 5.88 Å². The molecule has 0 unspecified atom stereocenters. The number of aromatic nitrogens is 3. The number of hydrogen-bond donors (Lipinski definition) is 2. The number of nitrogens with zero attached hydrogens (tertiary/aromatic N) is 5. The molecule has 37 heavy (non-hydrogen) atoms. The SMILES string of the molecule is COc1ncccc1CN1CCc2ncnc(N(C)C)c2CC1.O=C(O)C(F)(F)F.O=C(O)C(F)(F)F. The van der Waals surface area contributed by atoms with Gasteiger partial charge in [0.15, 0.2) is 0 Å². The summed E-state index contributed by atoms with van der Waals surface area (Å²) in [5, 5.41) is 14.2. The van der Waals surface area contributed by atoms with Gasteiger partial charge < -0.3 is 19.8 Å². The molecular weight excluding hydrogens is 516 g/mol. The van der Waals surface area contributed by atoms with Crippen molar-refractivity contribution in [3.8, 4) is 5.88 Å². The largest absolute Gasteiger partial charge is 0.490 e. The molecule has 206 valence electrons. The molecular formula is C21H25F6N5O5. The summed E-state index contributed by atoms with van der Waals surface area (Å²) in [4.78, 5) is 35.5. The van der Waals surface area contributed by atoms with Crippen molar-refractivity contribution in [2.24, 2.45) is 0 Å². The lowest BCUT2D eigenvalue weighted by Gasteiger charge is -2.20. The first-order chi connectivity index (χ1) is 17.1. The number of carbonyl (C=O) groups is 2. The smallest absolute Gasteiger partial charge is 0.481 e. The Balaban J connectivity index is 0.000000404. The van der Waals surface area contributed by atoms with Gasteiger partial charge in [0.05, 0.1) is 12.8 Å². The Morgan fingerprint density at radius 1 is 1.00 bits per heavy atom. The van der Waals surface area contributed by atoms with Crippen LogP contribution in [-0.4, -0.2) is 88.7 Å². The molecule has 2 aromatic heterocycles. The minimum absolute atomic E-state index is 0.711. The highest BCUT2D eigenvalue weighted by molar-refractivity contribution is 5.73. The van der Waals surface area contributed by atoms with Crippen LogP contribution in [0, 0.1) is 0 Å². The predicted molar refractivity (Wildman–Crippen MR) is 117 cm³/mol. The van der Waals surface area contributed by atoms with Gasteiger partial charge in [-0.25, -0.2) is 24.5 Å². The van der Waals surface area contributed by atoms with Crippen LogP contribution in [0.3, 0.4) is 0 Å². The third kappa shape index (κ3) is 10.4. The number of alkyl halides is 6. The van der Waals surface area contributed by atoms with Crippen molar-refractivity contribution < 1.29 is 50.9 Å². The molecule has 3 heterocycles. The third-order valence-electron chi connectivity index (χ3n) is 4.70. The molecule has 3 rings (SSSR count). The van der Waals surface area contributed by atoms with E-state index in [2.05, 4.69) is 30.8 Å². The fourth-order valence-corrected chi connectivity index (χ4v) is 3.07. The van der Waals surface area contributed by atoms with Crippen LogP contribution in [0.5, 0.6) is 5.88 Å². The fraction of sp³-hybridized carbons (Fsp3) is 0.476. The number of methoxy groups -OCH3 is 1. The van der Waals surface area contributed by atoms with Crippen molar-refractivity contribution in [1.82, 2.24) is 19.9 Å². The first-order valence-electron chi connectivity index (χ1n) is 10.4. The molecule has 0 fully saturated rings. The summed E-state index contributed by atoms with van der Waals surface area (Å²) in [6.07, 6.45) is -4.82. The number of aliphatic carboxylic acids is 2. The maximum absolute atomic E-state index is 10.6. The number of carboxylic acids is 2. The number of carboxylic acid groups (broad SMARTS) is 2. The predicted octanol–water partition coefficient (Wildman–Crippen LogP) is 2.81. The molecule has 0 spiro atoms. The van der Waals surface area contributed by atoms with E-state index in [0.717, 1.165) is 43.9 Å². The molecule has 1 aliphatic heterocycles. The minimum atomic E-state index is -5.08. The van der Waals surface area contributed by atoms with Gasteiger partial charge in [-0.05, 0) is 12.5 Å². The zero-order chi connectivity index (χ0) is 28.4. The van der Waals surface area contributed by atoms with Gasteiger partial charge in [-0.1, -0.05) is 6.07 Å². The van der Waals surface area contributed by atoms with E-state index in [9.17, 15) is 26.3 Å². The van der Waals surface area contributed by atoms with Gasteiger partial charge in [-0.2, -0.15) is 26.3 Å². The Hall–Kier alpha value is -3.69. The maximum Gasteiger partial charge on any atom is 0.490 e. The maximum atomic E-state index is 10.6. The molecule has 10 nitrogen and oxygen atoms in total. The molecule has 0 radical (unpaired) electrons. The summed E-state index contributed by atoms with van der Waals surface area (Å²) in [6, 6.07) is 4.04. The highest BCUT2D eigenvalue weighted by Crippen LogP contribution is 2.24. The summed E-state index contributed by atoms with van der Waals surface area (Å²) in [7, 11) is 5.74. The van der Waals surface area contributed by atoms with Crippen molar-refractivity contribution in [1.29, 1.82) is 0 Å². The zero-order valence-corrected chi connectivity index (χ0v) is 20.0. The number of pyridine rings is 1. The molecule has 1 aliphatic rings. The first-order valence-corrected chi connectivity index (χ1v) is 10.4. The Morgan fingerprint density at radius 3 is 2.03 bits per heavy atom. The van der Waals surface area contributed by atoms with E-state index in [1.165, 1.54) is 11.3 Å². The van der Waals surface area contributed by atoms with Crippen LogP contribution in [0.4, 0.5) is 32.2 Å². The molecule has 2 aromatic rings. The minimum Gasteiger partial charge on any atom is -0.481 e. The quantitative estimate of drug-likeness (QED) is 0.558. The van der Waals surface area contributed by atoms with Crippen LogP contribution >= 0.6 is 0 Å². The summed E-state index contributed by atoms with van der Waals surface area (Å²) < 4.78 is 68.8. The van der Waals surface area contributed by atoms with Crippen molar-refractivity contribution in [3.05, 3.63) is 41.5 Å². The molecule has 16 heteroatoms. The van der Waals surface area contributed by atoms with Crippen molar-refractivity contribution >= 4 is 17.8 Å². The Labute approximate surface area is 207 Å². The monoisotopic (exact) mass is 541 g/mol. The second kappa shape index (κ2) is 13.6. The van der Waals surface area contributed by atoms with Gasteiger partial charge in [-0.15, -0.1) is 0 Å². The van der Waals surface area contributed by atoms with Gasteiger partial charge in [0.25, 0.3) is 0 Å². The highest BCUT2D eigenvalue weighted by Gasteiger charge is 2.38. The number of rotatable bonds is 4. The molecule has 0 aliphatic carbocycles. The lowest BCUT2D eigenvalue weighted by atomic mass is 10.1. The van der Waals surface area contributed by atoms with Gasteiger partial charge in [0.1, 0.15) is 12.1 Å². The summed E-state index contributed by atoms with van der Waals surface area (Å²) in [6.45, 7) is 2.81. The van der Waals surface area contributed by atoms with Gasteiger partial charge in [0, 0.05) is 57.5 Å². The van der Waals surface area contributed by atoms with Crippen molar-refractivity contribution in [3.63, 3.8) is 0 Å². The second-order valence-corrected chi connectivity index (χ2v) is 7.57. The summed E-state index contributed by atoms with van der Waals surface area (Å²) >= 11 is 0. The third-order valence-corrected chi connectivity index (χ3v) is 4.70. The van der Waals surface area contributed by atoms with E-state index >= 15 is 0 Å². The molecule has 0 aromatic carbocycles. The van der Waals surface area contributed by atoms with Gasteiger partial charge >= 0.3 is 24.3 Å². The average Bonchev–Trinajstić information content (AvgIpc) is 3.01. The normalized spacial score (nSPS) is 13.5. The number of halogens is 6. The standard InChI is InChI=1S/C17H23N5O.2C2HF3O2/c1-21(2)16-14-6-9-22(10-7-15(14)19-12-20-16)11-13-5-4-8-18-17(13)23-3;2*3-2(4,5)1(6)7/h4-5,8,12H,6-7,9-11H2,1-3H3;2*(H,6,7). The molecule has 2 N–H and O–H groups in total. The van der Waals surface area contributed by atoms with E-state index < -0.39 is 24.3 Å². The molecule has 0 saturated carbocycles. The molecule has 0 saturated heterocycles. The fourth-order valence-electron chi connectivity index (χ4n) is 3.07. The number of fused-ring (bicyclic) bond motifs is 1. The Bertz CT molecular complexity index is 1030. The first kappa shape index (κ1) is 31.3. The van der Waals surface area contributed by atoms with E-state index in [0.29, 0.717) is 5.88 Å². The molecule has 0 bridgehead atoms. The van der Waals surface area contributed by atoms with Crippen LogP contribution < -0.4 is 9.64 Å². The van der Waals surface area contributed by atoms with Crippen molar-refractivity contribution in [2.45, 2.75) is 31.7 Å². The molecule has 0 amide bonds. The highest BCUT2D eigenvalue weighted by atomic mass is 19.4. The number of anilines is 1. The van der Waals surface area contributed by atoms with E-state index in [-0.39, 0.29) is 0 Å². The van der Waals surface area contributed by atoms with Crippen LogP contribution in [0.25, 0.3) is 0 Å². The Kier molecular flexibility index (Phi) is 11.5. The summed E-state index contributed by atoms with van der Waals surface area (Å²) in [5.41, 5.74) is 3.57. The van der Waals surface area contributed by atoms with E-state index in [4.69, 9.17) is 24.5 Å². The summed E-state index contributed by atoms with van der Waals surface area (Å²) in [5.74, 6) is -3.76. The van der Waals surface area contributed by atoms with E-state index in [1.807, 2.05) is 20.2 Å². The number of ether oxygens (including phenoxy) is 1. The topological polar surface area (TPSA) is 129 Å². The lowest BCUT2D eigenvalue weighted by molar-refractivity contribution is -0.193. The van der Waals surface area contributed by atoms with E-state index in [1.54, 1.807) is 19.6 Å². The van der Waals surface area contributed by atoms with Crippen molar-refractivity contribution in [2.75, 3.05) is 39.2 Å². The van der Waals surface area contributed by atoms with Gasteiger partial charge in [-0.3, -0.25) is 4.90 Å². The average molecular weight is 541 g/mol. The molecule has 0 atom stereocenters. The van der Waals surface area contributed by atoms with Crippen LogP contribution in [0.1, 0.15) is 16.8 Å². The van der Waals surface area contributed by atoms with Crippen LogP contribution in [0.15, 0.2) is 24.7 Å². The van der Waals surface area contributed by atoms with Crippen LogP contribution in [-0.2, 0) is 29.0 Å². The van der Waals surface area contributed by atoms with Crippen LogP contribution in [0.2, 0.25) is 0 Å². The Morgan fingerprint density at radius 2 is 1.54 bits per heavy atom. The lowest BCUT2D eigenvalue weighted by Crippen LogP contribution is -2.26. The second-order valence-electron chi connectivity index (χ2n) is 7.57.